The molecule has 2 aliphatic carbocycles. The molecular formula is C17H19N3O7S. The highest BCUT2D eigenvalue weighted by atomic mass is 32.2. The van der Waals surface area contributed by atoms with Gasteiger partial charge in [-0.25, -0.2) is 13.2 Å². The molecule has 3 fully saturated rings. The molecule has 10 nitrogen and oxygen atoms in total. The van der Waals surface area contributed by atoms with Crippen LogP contribution in [0.4, 0.5) is 5.69 Å². The number of carboxylic acids is 1. The van der Waals surface area contributed by atoms with Gasteiger partial charge in [-0.1, -0.05) is 0 Å². The van der Waals surface area contributed by atoms with E-state index in [4.69, 9.17) is 0 Å². The van der Waals surface area contributed by atoms with Crippen LogP contribution in [0, 0.1) is 10.1 Å². The Morgan fingerprint density at radius 3 is 2.14 bits per heavy atom. The van der Waals surface area contributed by atoms with E-state index in [1.165, 1.54) is 4.90 Å². The Balaban J connectivity index is 1.65. The van der Waals surface area contributed by atoms with Gasteiger partial charge in [-0.15, -0.1) is 0 Å². The average molecular weight is 409 g/mol. The Morgan fingerprint density at radius 2 is 1.71 bits per heavy atom. The van der Waals surface area contributed by atoms with Crippen LogP contribution < -0.4 is 0 Å². The number of nitro groups is 1. The first kappa shape index (κ1) is 18.8. The van der Waals surface area contributed by atoms with Crippen molar-refractivity contribution in [2.24, 2.45) is 0 Å². The third-order valence-electron chi connectivity index (χ3n) is 6.10. The number of nitrogens with zero attached hydrogens (tertiary/aromatic N) is 3. The second-order valence-electron chi connectivity index (χ2n) is 7.51. The van der Waals surface area contributed by atoms with E-state index >= 15 is 0 Å². The summed E-state index contributed by atoms with van der Waals surface area (Å²) >= 11 is 0. The number of benzene rings is 1. The highest BCUT2D eigenvalue weighted by molar-refractivity contribution is 7.89. The minimum atomic E-state index is -4.04. The third kappa shape index (κ3) is 2.46. The molecule has 28 heavy (non-hydrogen) atoms. The number of nitro benzene ring substituents is 1. The first-order valence-corrected chi connectivity index (χ1v) is 10.4. The Labute approximate surface area is 160 Å². The van der Waals surface area contributed by atoms with Gasteiger partial charge in [-0.2, -0.15) is 4.31 Å². The lowest BCUT2D eigenvalue weighted by Crippen LogP contribution is -2.70. The largest absolute Gasteiger partial charge is 0.479 e. The highest BCUT2D eigenvalue weighted by Gasteiger charge is 2.66. The van der Waals surface area contributed by atoms with Crippen LogP contribution in [0.25, 0.3) is 0 Å². The molecule has 3 aliphatic rings. The van der Waals surface area contributed by atoms with Crippen LogP contribution in [0.3, 0.4) is 0 Å². The first-order valence-electron chi connectivity index (χ1n) is 8.98. The fourth-order valence-corrected chi connectivity index (χ4v) is 5.96. The van der Waals surface area contributed by atoms with Crippen LogP contribution in [0.15, 0.2) is 29.2 Å². The zero-order valence-corrected chi connectivity index (χ0v) is 15.7. The Morgan fingerprint density at radius 1 is 1.11 bits per heavy atom. The highest BCUT2D eigenvalue weighted by Crippen LogP contribution is 2.51. The SMILES string of the molecule is O=C(O)C1(N2CCN(S(=O)(=O)c3ccc([N+](=O)[O-])cc3)C3(CC3)C2=O)CCC1. The number of carbonyl (C=O) groups is 2. The number of aliphatic carboxylic acids is 1. The lowest BCUT2D eigenvalue weighted by molar-refractivity contribution is -0.384. The Bertz CT molecular complexity index is 965. The van der Waals surface area contributed by atoms with E-state index in [-0.39, 0.29) is 23.7 Å². The van der Waals surface area contributed by atoms with Crippen LogP contribution in [0.5, 0.6) is 0 Å². The third-order valence-corrected chi connectivity index (χ3v) is 8.08. The van der Waals surface area contributed by atoms with Gasteiger partial charge >= 0.3 is 5.97 Å². The molecule has 1 aromatic carbocycles. The van der Waals surface area contributed by atoms with Crippen LogP contribution >= 0.6 is 0 Å². The number of sulfonamides is 1. The van der Waals surface area contributed by atoms with E-state index in [9.17, 15) is 33.2 Å². The molecule has 0 radical (unpaired) electrons. The molecule has 1 spiro atoms. The zero-order valence-electron chi connectivity index (χ0n) is 14.9. The number of hydrogen-bond donors (Lipinski definition) is 1. The molecule has 1 aromatic rings. The van der Waals surface area contributed by atoms with Gasteiger partial charge in [0, 0.05) is 25.2 Å². The molecule has 1 heterocycles. The predicted molar refractivity (Wildman–Crippen MR) is 94.9 cm³/mol. The lowest BCUT2D eigenvalue weighted by atomic mass is 9.74. The van der Waals surface area contributed by atoms with Crippen LogP contribution in [-0.4, -0.2) is 63.7 Å². The molecule has 2 saturated carbocycles. The summed E-state index contributed by atoms with van der Waals surface area (Å²) in [6, 6.07) is 4.53. The summed E-state index contributed by atoms with van der Waals surface area (Å²) in [5.41, 5.74) is -2.69. The number of carboxylic acid groups (broad SMARTS) is 1. The van der Waals surface area contributed by atoms with Gasteiger partial charge in [0.1, 0.15) is 11.1 Å². The fraction of sp³-hybridized carbons (Fsp3) is 0.529. The monoisotopic (exact) mass is 409 g/mol. The van der Waals surface area contributed by atoms with Crippen LogP contribution in [0.2, 0.25) is 0 Å². The molecule has 150 valence electrons. The van der Waals surface area contributed by atoms with Gasteiger partial charge in [0.05, 0.1) is 9.82 Å². The van der Waals surface area contributed by atoms with Crippen molar-refractivity contribution in [2.75, 3.05) is 13.1 Å². The Hall–Kier alpha value is -2.53. The second kappa shape index (κ2) is 5.98. The van der Waals surface area contributed by atoms with E-state index < -0.39 is 37.9 Å². The number of carbonyl (C=O) groups excluding carboxylic acids is 1. The maximum Gasteiger partial charge on any atom is 0.329 e. The van der Waals surface area contributed by atoms with Gasteiger partial charge in [0.15, 0.2) is 0 Å². The summed E-state index contributed by atoms with van der Waals surface area (Å²) in [4.78, 5) is 36.3. The van der Waals surface area contributed by atoms with Gasteiger partial charge in [0.2, 0.25) is 15.9 Å². The molecule has 0 atom stereocenters. The fourth-order valence-electron chi connectivity index (χ4n) is 4.18. The second-order valence-corrected chi connectivity index (χ2v) is 9.37. The Kier molecular flexibility index (Phi) is 4.02. The summed E-state index contributed by atoms with van der Waals surface area (Å²) in [5.74, 6) is -1.50. The van der Waals surface area contributed by atoms with Crippen molar-refractivity contribution in [1.82, 2.24) is 9.21 Å². The summed E-state index contributed by atoms with van der Waals surface area (Å²) in [5, 5.41) is 20.4. The minimum Gasteiger partial charge on any atom is -0.479 e. The molecule has 4 rings (SSSR count). The summed E-state index contributed by atoms with van der Waals surface area (Å²) in [7, 11) is -4.04. The molecular weight excluding hydrogens is 390 g/mol. The average Bonchev–Trinajstić information content (AvgIpc) is 3.38. The van der Waals surface area contributed by atoms with Crippen molar-refractivity contribution >= 4 is 27.6 Å². The van der Waals surface area contributed by atoms with Gasteiger partial charge in [-0.3, -0.25) is 14.9 Å². The van der Waals surface area contributed by atoms with Crippen molar-refractivity contribution < 1.29 is 28.0 Å². The molecule has 0 aromatic heterocycles. The molecule has 1 amide bonds. The molecule has 1 aliphatic heterocycles. The van der Waals surface area contributed by atoms with Gasteiger partial charge in [0.25, 0.3) is 5.69 Å². The number of non-ortho nitro benzene ring substituents is 1. The lowest BCUT2D eigenvalue weighted by Gasteiger charge is -2.51. The summed E-state index contributed by atoms with van der Waals surface area (Å²) in [6.45, 7) is 0.0131. The topological polar surface area (TPSA) is 138 Å². The quantitative estimate of drug-likeness (QED) is 0.565. The van der Waals surface area contributed by atoms with Gasteiger partial charge < -0.3 is 10.0 Å². The van der Waals surface area contributed by atoms with Crippen molar-refractivity contribution in [1.29, 1.82) is 0 Å². The van der Waals surface area contributed by atoms with E-state index in [0.717, 1.165) is 28.6 Å². The standard InChI is InChI=1S/C17H19N3O7S/c21-14-16(8-9-16)19(11-10-18(14)17(15(22)23)6-1-7-17)28(26,27)13-4-2-12(3-5-13)20(24)25/h2-5H,1,6-11H2,(H,22,23). The number of piperazine rings is 1. The van der Waals surface area contributed by atoms with E-state index in [1.54, 1.807) is 0 Å². The normalized spacial score (nSPS) is 23.3. The van der Waals surface area contributed by atoms with E-state index in [2.05, 4.69) is 0 Å². The zero-order chi connectivity index (χ0) is 20.3. The van der Waals surface area contributed by atoms with Crippen LogP contribution in [-0.2, 0) is 19.6 Å². The van der Waals surface area contributed by atoms with Crippen molar-refractivity contribution in [2.45, 2.75) is 48.1 Å². The maximum absolute atomic E-state index is 13.2. The number of amides is 1. The number of rotatable bonds is 5. The first-order chi connectivity index (χ1) is 13.1. The maximum atomic E-state index is 13.2. The van der Waals surface area contributed by atoms with E-state index in [1.807, 2.05) is 0 Å². The molecule has 0 bridgehead atoms. The smallest absolute Gasteiger partial charge is 0.329 e. The number of hydrogen-bond acceptors (Lipinski definition) is 6. The van der Waals surface area contributed by atoms with Gasteiger partial charge in [-0.05, 0) is 44.2 Å². The van der Waals surface area contributed by atoms with Crippen LogP contribution in [0.1, 0.15) is 32.1 Å². The summed E-state index contributed by atoms with van der Waals surface area (Å²) in [6.07, 6.45) is 2.14. The molecule has 11 heteroatoms. The molecule has 1 saturated heterocycles. The molecule has 0 unspecified atom stereocenters. The van der Waals surface area contributed by atoms with Crippen molar-refractivity contribution in [3.05, 3.63) is 34.4 Å². The van der Waals surface area contributed by atoms with Crippen molar-refractivity contribution in [3.63, 3.8) is 0 Å². The predicted octanol–water partition coefficient (Wildman–Crippen LogP) is 0.968. The minimum absolute atomic E-state index is 0.0000902. The van der Waals surface area contributed by atoms with E-state index in [0.29, 0.717) is 32.1 Å². The molecule has 1 N–H and O–H groups in total. The summed E-state index contributed by atoms with van der Waals surface area (Å²) < 4.78 is 27.4. The van der Waals surface area contributed by atoms with Crippen molar-refractivity contribution in [3.8, 4) is 0 Å².